The summed E-state index contributed by atoms with van der Waals surface area (Å²) in [6.45, 7) is 5.82. The second-order valence-electron chi connectivity index (χ2n) is 3.95. The molecule has 82 valence electrons. The molecule has 1 atom stereocenters. The highest BCUT2D eigenvalue weighted by Crippen LogP contribution is 2.18. The van der Waals surface area contributed by atoms with Gasteiger partial charge in [0.15, 0.2) is 6.23 Å². The lowest BCUT2D eigenvalue weighted by molar-refractivity contribution is -0.159. The van der Waals surface area contributed by atoms with Crippen LogP contribution in [0.5, 0.6) is 0 Å². The largest absolute Gasteiger partial charge is 0.447 e. The Morgan fingerprint density at radius 2 is 2.29 bits per heavy atom. The van der Waals surface area contributed by atoms with Gasteiger partial charge in [-0.3, -0.25) is 9.69 Å². The molecule has 1 heterocycles. The molecular weight excluding hydrogens is 178 g/mol. The van der Waals surface area contributed by atoms with Crippen LogP contribution >= 0.6 is 0 Å². The van der Waals surface area contributed by atoms with E-state index in [0.29, 0.717) is 0 Å². The number of hydrogen-bond donors (Lipinski definition) is 0. The van der Waals surface area contributed by atoms with Crippen LogP contribution in [0.15, 0.2) is 0 Å². The molecule has 1 rings (SSSR count). The molecule has 0 radical (unpaired) electrons. The molecule has 0 aromatic carbocycles. The van der Waals surface area contributed by atoms with E-state index >= 15 is 0 Å². The lowest BCUT2D eigenvalue weighted by Crippen LogP contribution is -2.42. The standard InChI is InChI=1S/C11H21NO2/c1-3-4-8-12-9-6-5-7-11(12)14-10(2)13/h11H,3-9H2,1-2H3. The van der Waals surface area contributed by atoms with Gasteiger partial charge in [-0.25, -0.2) is 0 Å². The van der Waals surface area contributed by atoms with Crippen LogP contribution in [0, 0.1) is 0 Å². The minimum Gasteiger partial charge on any atom is -0.447 e. The molecule has 1 unspecified atom stereocenters. The summed E-state index contributed by atoms with van der Waals surface area (Å²) in [6, 6.07) is 0. The molecule has 0 aliphatic carbocycles. The van der Waals surface area contributed by atoms with E-state index < -0.39 is 0 Å². The fourth-order valence-electron chi connectivity index (χ4n) is 1.90. The van der Waals surface area contributed by atoms with Gasteiger partial charge in [0.2, 0.25) is 0 Å². The molecule has 1 saturated heterocycles. The molecule has 0 N–H and O–H groups in total. The summed E-state index contributed by atoms with van der Waals surface area (Å²) in [6.07, 6.45) is 5.86. The smallest absolute Gasteiger partial charge is 0.304 e. The number of piperidine rings is 1. The van der Waals surface area contributed by atoms with Gasteiger partial charge >= 0.3 is 5.97 Å². The van der Waals surface area contributed by atoms with E-state index in [1.165, 1.54) is 32.6 Å². The molecule has 0 amide bonds. The summed E-state index contributed by atoms with van der Waals surface area (Å²) < 4.78 is 5.29. The SMILES string of the molecule is CCCCN1CCCCC1OC(C)=O. The molecule has 0 spiro atoms. The van der Waals surface area contributed by atoms with Gasteiger partial charge in [-0.1, -0.05) is 13.3 Å². The van der Waals surface area contributed by atoms with Gasteiger partial charge in [0, 0.05) is 20.0 Å². The molecule has 14 heavy (non-hydrogen) atoms. The first kappa shape index (κ1) is 11.5. The topological polar surface area (TPSA) is 29.5 Å². The maximum atomic E-state index is 10.9. The zero-order valence-corrected chi connectivity index (χ0v) is 9.29. The van der Waals surface area contributed by atoms with Gasteiger partial charge in [-0.2, -0.15) is 0 Å². The number of carbonyl (C=O) groups is 1. The van der Waals surface area contributed by atoms with Crippen molar-refractivity contribution >= 4 is 5.97 Å². The van der Waals surface area contributed by atoms with Crippen LogP contribution < -0.4 is 0 Å². The lowest BCUT2D eigenvalue weighted by atomic mass is 10.1. The first-order valence-electron chi connectivity index (χ1n) is 5.65. The number of hydrogen-bond acceptors (Lipinski definition) is 3. The Kier molecular flexibility index (Phi) is 4.94. The Morgan fingerprint density at radius 3 is 2.93 bits per heavy atom. The molecule has 0 aromatic heterocycles. The van der Waals surface area contributed by atoms with Gasteiger partial charge in [-0.15, -0.1) is 0 Å². The van der Waals surface area contributed by atoms with E-state index in [-0.39, 0.29) is 12.2 Å². The summed E-state index contributed by atoms with van der Waals surface area (Å²) in [5.74, 6) is -0.154. The second-order valence-corrected chi connectivity index (χ2v) is 3.95. The Morgan fingerprint density at radius 1 is 1.50 bits per heavy atom. The summed E-state index contributed by atoms with van der Waals surface area (Å²) >= 11 is 0. The third kappa shape index (κ3) is 3.66. The van der Waals surface area contributed by atoms with Crippen LogP contribution in [-0.4, -0.2) is 30.2 Å². The summed E-state index contributed by atoms with van der Waals surface area (Å²) in [5.41, 5.74) is 0. The van der Waals surface area contributed by atoms with E-state index in [4.69, 9.17) is 4.74 Å². The molecule has 1 fully saturated rings. The summed E-state index contributed by atoms with van der Waals surface area (Å²) in [4.78, 5) is 13.2. The first-order valence-corrected chi connectivity index (χ1v) is 5.65. The van der Waals surface area contributed by atoms with E-state index in [9.17, 15) is 4.79 Å². The predicted octanol–water partition coefficient (Wildman–Crippen LogP) is 2.16. The average molecular weight is 199 g/mol. The van der Waals surface area contributed by atoms with Gasteiger partial charge in [0.1, 0.15) is 0 Å². The minimum atomic E-state index is -0.154. The maximum absolute atomic E-state index is 10.9. The summed E-state index contributed by atoms with van der Waals surface area (Å²) in [5, 5.41) is 0. The van der Waals surface area contributed by atoms with Crippen molar-refractivity contribution in [3.63, 3.8) is 0 Å². The number of ether oxygens (including phenoxy) is 1. The van der Waals surface area contributed by atoms with Crippen molar-refractivity contribution in [3.05, 3.63) is 0 Å². The molecule has 1 aliphatic rings. The Balaban J connectivity index is 2.37. The van der Waals surface area contributed by atoms with Crippen molar-refractivity contribution in [1.82, 2.24) is 4.90 Å². The highest BCUT2D eigenvalue weighted by atomic mass is 16.6. The normalized spacial score (nSPS) is 23.4. The number of nitrogens with zero attached hydrogens (tertiary/aromatic N) is 1. The molecule has 3 nitrogen and oxygen atoms in total. The number of esters is 1. The molecule has 0 saturated carbocycles. The van der Waals surface area contributed by atoms with Crippen LogP contribution in [0.1, 0.15) is 46.0 Å². The Labute approximate surface area is 86.4 Å². The van der Waals surface area contributed by atoms with Crippen molar-refractivity contribution in [2.75, 3.05) is 13.1 Å². The van der Waals surface area contributed by atoms with Crippen LogP contribution in [0.2, 0.25) is 0 Å². The van der Waals surface area contributed by atoms with Crippen LogP contribution in [0.3, 0.4) is 0 Å². The van der Waals surface area contributed by atoms with Crippen LogP contribution in [0.4, 0.5) is 0 Å². The fraction of sp³-hybridized carbons (Fsp3) is 0.909. The van der Waals surface area contributed by atoms with Crippen LogP contribution in [0.25, 0.3) is 0 Å². The first-order chi connectivity index (χ1) is 6.74. The highest BCUT2D eigenvalue weighted by molar-refractivity contribution is 5.66. The third-order valence-corrected chi connectivity index (χ3v) is 2.65. The van der Waals surface area contributed by atoms with Gasteiger partial charge in [0.25, 0.3) is 0 Å². The number of unbranched alkanes of at least 4 members (excludes halogenated alkanes) is 1. The zero-order valence-electron chi connectivity index (χ0n) is 9.29. The van der Waals surface area contributed by atoms with Crippen molar-refractivity contribution in [2.24, 2.45) is 0 Å². The predicted molar refractivity (Wildman–Crippen MR) is 55.9 cm³/mol. The number of rotatable bonds is 4. The van der Waals surface area contributed by atoms with E-state index in [2.05, 4.69) is 11.8 Å². The van der Waals surface area contributed by atoms with Crippen molar-refractivity contribution in [2.45, 2.75) is 52.2 Å². The Hall–Kier alpha value is -0.570. The van der Waals surface area contributed by atoms with Gasteiger partial charge in [-0.05, 0) is 25.7 Å². The van der Waals surface area contributed by atoms with E-state index in [0.717, 1.165) is 19.5 Å². The number of likely N-dealkylation sites (tertiary alicyclic amines) is 1. The van der Waals surface area contributed by atoms with Crippen molar-refractivity contribution in [1.29, 1.82) is 0 Å². The zero-order chi connectivity index (χ0) is 10.4. The molecule has 0 aromatic rings. The lowest BCUT2D eigenvalue weighted by Gasteiger charge is -2.34. The second kappa shape index (κ2) is 6.02. The van der Waals surface area contributed by atoms with Gasteiger partial charge < -0.3 is 4.74 Å². The average Bonchev–Trinajstić information content (AvgIpc) is 2.16. The van der Waals surface area contributed by atoms with Crippen LogP contribution in [-0.2, 0) is 9.53 Å². The van der Waals surface area contributed by atoms with Crippen molar-refractivity contribution in [3.8, 4) is 0 Å². The monoisotopic (exact) mass is 199 g/mol. The van der Waals surface area contributed by atoms with Gasteiger partial charge in [0.05, 0.1) is 0 Å². The molecule has 1 aliphatic heterocycles. The van der Waals surface area contributed by atoms with E-state index in [1.54, 1.807) is 0 Å². The van der Waals surface area contributed by atoms with E-state index in [1.807, 2.05) is 0 Å². The Bertz CT molecular complexity index is 182. The van der Waals surface area contributed by atoms with Crippen molar-refractivity contribution < 1.29 is 9.53 Å². The molecule has 0 bridgehead atoms. The minimum absolute atomic E-state index is 0.0489. The fourth-order valence-corrected chi connectivity index (χ4v) is 1.90. The maximum Gasteiger partial charge on any atom is 0.304 e. The summed E-state index contributed by atoms with van der Waals surface area (Å²) in [7, 11) is 0. The quantitative estimate of drug-likeness (QED) is 0.650. The molecular formula is C11H21NO2. The molecule has 3 heteroatoms. The third-order valence-electron chi connectivity index (χ3n) is 2.65. The highest BCUT2D eigenvalue weighted by Gasteiger charge is 2.23. The number of carbonyl (C=O) groups excluding carboxylic acids is 1.